The third-order valence-corrected chi connectivity index (χ3v) is 2.41. The van der Waals surface area contributed by atoms with Crippen molar-refractivity contribution < 1.29 is 0 Å². The van der Waals surface area contributed by atoms with Gasteiger partial charge in [-0.15, -0.1) is 0 Å². The predicted molar refractivity (Wildman–Crippen MR) is 64.4 cm³/mol. The van der Waals surface area contributed by atoms with Crippen LogP contribution in [0, 0.1) is 11.3 Å². The highest BCUT2D eigenvalue weighted by molar-refractivity contribution is 6.29. The minimum Gasteiger partial charge on any atom is -0.263 e. The summed E-state index contributed by atoms with van der Waals surface area (Å²) in [7, 11) is 0. The maximum Gasteiger partial charge on any atom is 0.133 e. The van der Waals surface area contributed by atoms with Crippen LogP contribution in [0.2, 0.25) is 5.15 Å². The van der Waals surface area contributed by atoms with Gasteiger partial charge in [0.15, 0.2) is 0 Å². The van der Waals surface area contributed by atoms with E-state index in [2.05, 4.69) is 15.0 Å². The molecule has 0 atom stereocenters. The van der Waals surface area contributed by atoms with Gasteiger partial charge in [-0.2, -0.15) is 5.26 Å². The molecule has 84 valence electrons. The summed E-state index contributed by atoms with van der Waals surface area (Å²) in [6.07, 6.45) is 3.87. The Morgan fingerprint density at radius 3 is 2.82 bits per heavy atom. The van der Waals surface area contributed by atoms with E-state index in [1.807, 2.05) is 13.0 Å². The quantitative estimate of drug-likeness (QED) is 0.762. The zero-order valence-electron chi connectivity index (χ0n) is 9.18. The van der Waals surface area contributed by atoms with Gasteiger partial charge in [0.25, 0.3) is 0 Å². The second kappa shape index (κ2) is 4.89. The molecule has 0 saturated carbocycles. The molecular weight excluding hydrogens is 236 g/mol. The van der Waals surface area contributed by atoms with Crippen molar-refractivity contribution in [2.45, 2.75) is 13.3 Å². The lowest BCUT2D eigenvalue weighted by Crippen LogP contribution is -1.96. The second-order valence-electron chi connectivity index (χ2n) is 3.42. The van der Waals surface area contributed by atoms with Gasteiger partial charge in [0.1, 0.15) is 17.0 Å². The highest BCUT2D eigenvalue weighted by Gasteiger charge is 2.05. The standard InChI is InChI=1S/C12H9ClN4/c1-2-12-16-10(4-11(13)17-12)9-3-8(5-14)6-15-7-9/h3-4,6-7H,2H2,1H3. The second-order valence-corrected chi connectivity index (χ2v) is 3.81. The molecule has 2 aromatic rings. The monoisotopic (exact) mass is 244 g/mol. The number of aromatic nitrogens is 3. The molecule has 17 heavy (non-hydrogen) atoms. The number of nitriles is 1. The maximum absolute atomic E-state index is 8.82. The van der Waals surface area contributed by atoms with Crippen LogP contribution in [0.25, 0.3) is 11.3 Å². The van der Waals surface area contributed by atoms with Crippen LogP contribution in [0.4, 0.5) is 0 Å². The van der Waals surface area contributed by atoms with Crippen LogP contribution >= 0.6 is 11.6 Å². The number of halogens is 1. The molecule has 2 aromatic heterocycles. The zero-order chi connectivity index (χ0) is 12.3. The average molecular weight is 245 g/mol. The van der Waals surface area contributed by atoms with E-state index in [0.29, 0.717) is 28.7 Å². The van der Waals surface area contributed by atoms with Crippen molar-refractivity contribution >= 4 is 11.6 Å². The van der Waals surface area contributed by atoms with Crippen molar-refractivity contribution in [3.8, 4) is 17.3 Å². The molecule has 0 aromatic carbocycles. The van der Waals surface area contributed by atoms with E-state index in [1.54, 1.807) is 18.3 Å². The lowest BCUT2D eigenvalue weighted by Gasteiger charge is -2.03. The van der Waals surface area contributed by atoms with Crippen molar-refractivity contribution in [2.75, 3.05) is 0 Å². The third-order valence-electron chi connectivity index (χ3n) is 2.22. The predicted octanol–water partition coefficient (Wildman–Crippen LogP) is 2.63. The van der Waals surface area contributed by atoms with Gasteiger partial charge in [0.05, 0.1) is 11.3 Å². The van der Waals surface area contributed by atoms with E-state index in [1.165, 1.54) is 6.20 Å². The highest BCUT2D eigenvalue weighted by atomic mass is 35.5. The normalized spacial score (nSPS) is 9.94. The Morgan fingerprint density at radius 2 is 2.12 bits per heavy atom. The summed E-state index contributed by atoms with van der Waals surface area (Å²) in [5.74, 6) is 0.676. The molecule has 0 aliphatic rings. The molecule has 0 unspecified atom stereocenters. The van der Waals surface area contributed by atoms with Crippen molar-refractivity contribution in [2.24, 2.45) is 0 Å². The minimum absolute atomic E-state index is 0.397. The Kier molecular flexibility index (Phi) is 3.31. The van der Waals surface area contributed by atoms with E-state index in [0.717, 1.165) is 5.56 Å². The fourth-order valence-electron chi connectivity index (χ4n) is 1.41. The summed E-state index contributed by atoms with van der Waals surface area (Å²) < 4.78 is 0. The molecule has 0 radical (unpaired) electrons. The van der Waals surface area contributed by atoms with Crippen LogP contribution in [0.15, 0.2) is 24.5 Å². The zero-order valence-corrected chi connectivity index (χ0v) is 9.94. The molecule has 2 heterocycles. The van der Waals surface area contributed by atoms with E-state index < -0.39 is 0 Å². The van der Waals surface area contributed by atoms with Gasteiger partial charge in [0, 0.05) is 30.4 Å². The van der Waals surface area contributed by atoms with E-state index in [4.69, 9.17) is 16.9 Å². The Balaban J connectivity index is 2.52. The summed E-state index contributed by atoms with van der Waals surface area (Å²) in [6.45, 7) is 1.96. The SMILES string of the molecule is CCc1nc(Cl)cc(-c2cncc(C#N)c2)n1. The summed E-state index contributed by atoms with van der Waals surface area (Å²) in [6, 6.07) is 5.43. The van der Waals surface area contributed by atoms with Crippen LogP contribution in [0.3, 0.4) is 0 Å². The van der Waals surface area contributed by atoms with Gasteiger partial charge >= 0.3 is 0 Å². The largest absolute Gasteiger partial charge is 0.263 e. The number of aryl methyl sites for hydroxylation is 1. The first-order valence-corrected chi connectivity index (χ1v) is 5.49. The number of hydrogen-bond donors (Lipinski definition) is 0. The topological polar surface area (TPSA) is 62.5 Å². The van der Waals surface area contributed by atoms with Crippen molar-refractivity contribution in [1.82, 2.24) is 15.0 Å². The van der Waals surface area contributed by atoms with Crippen molar-refractivity contribution in [3.05, 3.63) is 41.1 Å². The smallest absolute Gasteiger partial charge is 0.133 e. The lowest BCUT2D eigenvalue weighted by molar-refractivity contribution is 0.943. The first-order valence-electron chi connectivity index (χ1n) is 5.12. The molecule has 0 bridgehead atoms. The molecule has 2 rings (SSSR count). The van der Waals surface area contributed by atoms with Crippen molar-refractivity contribution in [3.63, 3.8) is 0 Å². The molecule has 0 spiro atoms. The molecule has 0 aliphatic heterocycles. The molecule has 0 fully saturated rings. The molecule has 4 nitrogen and oxygen atoms in total. The van der Waals surface area contributed by atoms with Gasteiger partial charge < -0.3 is 0 Å². The molecule has 5 heteroatoms. The van der Waals surface area contributed by atoms with Crippen LogP contribution in [-0.4, -0.2) is 15.0 Å². The van der Waals surface area contributed by atoms with Crippen LogP contribution < -0.4 is 0 Å². The Labute approximate surface area is 104 Å². The van der Waals surface area contributed by atoms with Gasteiger partial charge in [-0.3, -0.25) is 4.98 Å². The molecule has 0 saturated heterocycles. The van der Waals surface area contributed by atoms with Crippen molar-refractivity contribution in [1.29, 1.82) is 5.26 Å². The van der Waals surface area contributed by atoms with E-state index in [-0.39, 0.29) is 0 Å². The number of nitrogens with zero attached hydrogens (tertiary/aromatic N) is 4. The van der Waals surface area contributed by atoms with Crippen LogP contribution in [0.5, 0.6) is 0 Å². The molecule has 0 aliphatic carbocycles. The average Bonchev–Trinajstić information content (AvgIpc) is 2.38. The minimum atomic E-state index is 0.397. The maximum atomic E-state index is 8.82. The first-order chi connectivity index (χ1) is 8.22. The van der Waals surface area contributed by atoms with E-state index >= 15 is 0 Å². The summed E-state index contributed by atoms with van der Waals surface area (Å²) in [5.41, 5.74) is 1.95. The summed E-state index contributed by atoms with van der Waals surface area (Å²) >= 11 is 5.92. The molecular formula is C12H9ClN4. The Bertz CT molecular complexity index is 589. The Hall–Kier alpha value is -1.99. The lowest BCUT2D eigenvalue weighted by atomic mass is 10.1. The Morgan fingerprint density at radius 1 is 1.29 bits per heavy atom. The molecule has 0 amide bonds. The third kappa shape index (κ3) is 2.58. The van der Waals surface area contributed by atoms with Gasteiger partial charge in [0.2, 0.25) is 0 Å². The van der Waals surface area contributed by atoms with Gasteiger partial charge in [-0.05, 0) is 6.07 Å². The van der Waals surface area contributed by atoms with Crippen LogP contribution in [-0.2, 0) is 6.42 Å². The first kappa shape index (κ1) is 11.5. The van der Waals surface area contributed by atoms with Gasteiger partial charge in [-0.1, -0.05) is 18.5 Å². The fourth-order valence-corrected chi connectivity index (χ4v) is 1.61. The highest BCUT2D eigenvalue weighted by Crippen LogP contribution is 2.20. The molecule has 0 N–H and O–H groups in total. The summed E-state index contributed by atoms with van der Waals surface area (Å²) in [4.78, 5) is 12.4. The van der Waals surface area contributed by atoms with Gasteiger partial charge in [-0.25, -0.2) is 9.97 Å². The van der Waals surface area contributed by atoms with Crippen LogP contribution in [0.1, 0.15) is 18.3 Å². The number of pyridine rings is 1. The number of hydrogen-bond acceptors (Lipinski definition) is 4. The fraction of sp³-hybridized carbons (Fsp3) is 0.167. The number of rotatable bonds is 2. The summed E-state index contributed by atoms with van der Waals surface area (Å²) in [5, 5.41) is 9.21. The van der Waals surface area contributed by atoms with E-state index in [9.17, 15) is 0 Å².